The first-order valence-electron chi connectivity index (χ1n) is 5.84. The zero-order chi connectivity index (χ0) is 11.9. The number of aliphatic carboxylic acids is 1. The van der Waals surface area contributed by atoms with Gasteiger partial charge in [-0.25, -0.2) is 0 Å². The van der Waals surface area contributed by atoms with Crippen molar-refractivity contribution >= 4 is 13.1 Å². The van der Waals surface area contributed by atoms with Crippen LogP contribution in [0.5, 0.6) is 0 Å². The molecule has 16 heavy (non-hydrogen) atoms. The lowest BCUT2D eigenvalue weighted by Gasteiger charge is -2.29. The second-order valence-electron chi connectivity index (χ2n) is 5.18. The molecule has 5 N–H and O–H groups in total. The fraction of sp³-hybridized carbons (Fsp3) is 0.900. The van der Waals surface area contributed by atoms with E-state index in [-0.39, 0.29) is 11.8 Å². The molecule has 6 heteroatoms. The minimum Gasteiger partial charge on any atom is -0.480 e. The molecule has 0 aromatic rings. The minimum atomic E-state index is -1.30. The molecule has 2 fully saturated rings. The van der Waals surface area contributed by atoms with E-state index in [9.17, 15) is 9.90 Å². The van der Waals surface area contributed by atoms with E-state index in [1.807, 2.05) is 0 Å². The molecular formula is C10H18BNO4. The van der Waals surface area contributed by atoms with E-state index in [2.05, 4.69) is 0 Å². The van der Waals surface area contributed by atoms with Crippen LogP contribution in [-0.2, 0) is 4.79 Å². The van der Waals surface area contributed by atoms with E-state index >= 15 is 0 Å². The van der Waals surface area contributed by atoms with Crippen molar-refractivity contribution in [3.63, 3.8) is 0 Å². The topological polar surface area (TPSA) is 104 Å². The zero-order valence-corrected chi connectivity index (χ0v) is 9.17. The molecule has 2 aliphatic rings. The van der Waals surface area contributed by atoms with Crippen molar-refractivity contribution in [2.24, 2.45) is 23.5 Å². The number of rotatable bonds is 5. The largest absolute Gasteiger partial charge is 0.480 e. The first kappa shape index (κ1) is 11.9. The van der Waals surface area contributed by atoms with Gasteiger partial charge in [0, 0.05) is 0 Å². The Labute approximate surface area is 94.8 Å². The fourth-order valence-electron chi connectivity index (χ4n) is 3.19. The predicted molar refractivity (Wildman–Crippen MR) is 58.5 cm³/mol. The molecule has 4 atom stereocenters. The van der Waals surface area contributed by atoms with Crippen molar-refractivity contribution in [3.05, 3.63) is 0 Å². The molecule has 0 unspecified atom stereocenters. The Hall–Kier alpha value is -0.585. The molecule has 0 saturated heterocycles. The van der Waals surface area contributed by atoms with Gasteiger partial charge in [-0.2, -0.15) is 0 Å². The van der Waals surface area contributed by atoms with E-state index < -0.39 is 18.6 Å². The highest BCUT2D eigenvalue weighted by molar-refractivity contribution is 6.40. The molecule has 0 aromatic heterocycles. The Balaban J connectivity index is 1.92. The molecule has 2 saturated carbocycles. The number of fused-ring (bicyclic) bond motifs is 1. The van der Waals surface area contributed by atoms with Crippen LogP contribution in [0.25, 0.3) is 0 Å². The second-order valence-corrected chi connectivity index (χ2v) is 5.18. The van der Waals surface area contributed by atoms with Crippen molar-refractivity contribution < 1.29 is 19.9 Å². The van der Waals surface area contributed by atoms with Crippen molar-refractivity contribution in [2.75, 3.05) is 0 Å². The van der Waals surface area contributed by atoms with Gasteiger partial charge in [-0.3, -0.25) is 4.79 Å². The van der Waals surface area contributed by atoms with Gasteiger partial charge in [-0.15, -0.1) is 0 Å². The van der Waals surface area contributed by atoms with Crippen molar-refractivity contribution in [3.8, 4) is 0 Å². The summed E-state index contributed by atoms with van der Waals surface area (Å²) < 4.78 is 0. The van der Waals surface area contributed by atoms with Gasteiger partial charge in [0.05, 0.1) is 0 Å². The third-order valence-corrected chi connectivity index (χ3v) is 4.18. The van der Waals surface area contributed by atoms with E-state index in [1.165, 1.54) is 0 Å². The third-order valence-electron chi connectivity index (χ3n) is 4.18. The van der Waals surface area contributed by atoms with Gasteiger partial charge in [0.15, 0.2) is 0 Å². The van der Waals surface area contributed by atoms with Crippen LogP contribution in [0.3, 0.4) is 0 Å². The van der Waals surface area contributed by atoms with Gasteiger partial charge in [0.2, 0.25) is 0 Å². The summed E-state index contributed by atoms with van der Waals surface area (Å²) in [6.07, 6.45) is 3.42. The maximum atomic E-state index is 11.2. The number of hydrogen-bond donors (Lipinski definition) is 4. The number of nitrogens with two attached hydrogens (primary N) is 1. The molecule has 0 amide bonds. The normalized spacial score (nSPS) is 40.6. The molecule has 0 bridgehead atoms. The quantitative estimate of drug-likeness (QED) is 0.482. The van der Waals surface area contributed by atoms with Gasteiger partial charge in [-0.1, -0.05) is 6.42 Å². The lowest BCUT2D eigenvalue weighted by Crippen LogP contribution is -2.54. The SMILES string of the molecule is N[C@]1(C(=O)O)[C@H](CCCB(O)O)C[C@H]2C[C@H]21. The summed E-state index contributed by atoms with van der Waals surface area (Å²) in [6, 6.07) is 0. The minimum absolute atomic E-state index is 0.00694. The number of carboxylic acids is 1. The van der Waals surface area contributed by atoms with E-state index in [0.717, 1.165) is 12.8 Å². The number of carbonyl (C=O) groups is 1. The first-order valence-corrected chi connectivity index (χ1v) is 5.84. The Morgan fingerprint density at radius 3 is 2.69 bits per heavy atom. The van der Waals surface area contributed by atoms with Crippen molar-refractivity contribution in [2.45, 2.75) is 37.5 Å². The lowest BCUT2D eigenvalue weighted by molar-refractivity contribution is -0.146. The molecule has 0 aromatic carbocycles. The standard InChI is InChI=1S/C10H18BNO4/c12-10(9(13)14)7(2-1-3-11(15)16)4-6-5-8(6)10/h6-8,15-16H,1-5,12H2,(H,13,14)/t6-,7+,8+,10+/m0/s1. The first-order chi connectivity index (χ1) is 7.46. The molecule has 2 aliphatic carbocycles. The van der Waals surface area contributed by atoms with Crippen LogP contribution >= 0.6 is 0 Å². The highest BCUT2D eigenvalue weighted by Crippen LogP contribution is 2.60. The fourth-order valence-corrected chi connectivity index (χ4v) is 3.19. The molecule has 0 radical (unpaired) electrons. The summed E-state index contributed by atoms with van der Waals surface area (Å²) in [5, 5.41) is 26.7. The monoisotopic (exact) mass is 227 g/mol. The Morgan fingerprint density at radius 2 is 2.12 bits per heavy atom. The summed E-state index contributed by atoms with van der Waals surface area (Å²) >= 11 is 0. The number of carboxylic acid groups (broad SMARTS) is 1. The lowest BCUT2D eigenvalue weighted by atomic mass is 9.76. The van der Waals surface area contributed by atoms with Gasteiger partial charge < -0.3 is 20.9 Å². The van der Waals surface area contributed by atoms with Gasteiger partial charge in [0.1, 0.15) is 5.54 Å². The summed E-state index contributed by atoms with van der Waals surface area (Å²) in [4.78, 5) is 11.2. The maximum Gasteiger partial charge on any atom is 0.451 e. The van der Waals surface area contributed by atoms with E-state index in [0.29, 0.717) is 25.1 Å². The molecule has 5 nitrogen and oxygen atoms in total. The van der Waals surface area contributed by atoms with Crippen LogP contribution in [-0.4, -0.2) is 33.8 Å². The Bertz CT molecular complexity index is 299. The Morgan fingerprint density at radius 1 is 1.44 bits per heavy atom. The second kappa shape index (κ2) is 4.02. The average molecular weight is 227 g/mol. The smallest absolute Gasteiger partial charge is 0.451 e. The summed E-state index contributed by atoms with van der Waals surface area (Å²) in [5.41, 5.74) is 4.96. The van der Waals surface area contributed by atoms with Crippen LogP contribution in [0.1, 0.15) is 25.7 Å². The molecule has 2 rings (SSSR count). The summed E-state index contributed by atoms with van der Waals surface area (Å²) in [5.74, 6) is -0.265. The van der Waals surface area contributed by atoms with Crippen LogP contribution in [0.15, 0.2) is 0 Å². The van der Waals surface area contributed by atoms with Gasteiger partial charge in [0.25, 0.3) is 0 Å². The molecule has 90 valence electrons. The van der Waals surface area contributed by atoms with E-state index in [1.54, 1.807) is 0 Å². The summed E-state index contributed by atoms with van der Waals surface area (Å²) in [7, 11) is -1.30. The van der Waals surface area contributed by atoms with Crippen LogP contribution in [0.4, 0.5) is 0 Å². The molecular weight excluding hydrogens is 209 g/mol. The summed E-state index contributed by atoms with van der Waals surface area (Å²) in [6.45, 7) is 0. The highest BCUT2D eigenvalue weighted by Gasteiger charge is 2.64. The van der Waals surface area contributed by atoms with Crippen LogP contribution in [0.2, 0.25) is 6.32 Å². The van der Waals surface area contributed by atoms with E-state index in [4.69, 9.17) is 15.8 Å². The zero-order valence-electron chi connectivity index (χ0n) is 9.17. The predicted octanol–water partition coefficient (Wildman–Crippen LogP) is -0.323. The van der Waals surface area contributed by atoms with Gasteiger partial charge in [-0.05, 0) is 43.3 Å². The third kappa shape index (κ3) is 1.85. The van der Waals surface area contributed by atoms with Crippen LogP contribution in [0, 0.1) is 17.8 Å². The average Bonchev–Trinajstić information content (AvgIpc) is 2.89. The maximum absolute atomic E-state index is 11.2. The van der Waals surface area contributed by atoms with Crippen LogP contribution < -0.4 is 5.73 Å². The highest BCUT2D eigenvalue weighted by atomic mass is 16.4. The molecule has 0 heterocycles. The number of hydrogen-bond acceptors (Lipinski definition) is 4. The van der Waals surface area contributed by atoms with Crippen molar-refractivity contribution in [1.82, 2.24) is 0 Å². The molecule has 0 spiro atoms. The van der Waals surface area contributed by atoms with Crippen molar-refractivity contribution in [1.29, 1.82) is 0 Å². The van der Waals surface area contributed by atoms with Gasteiger partial charge >= 0.3 is 13.1 Å². The Kier molecular flexibility index (Phi) is 2.98. The molecule has 0 aliphatic heterocycles.